The van der Waals surface area contributed by atoms with Crippen molar-refractivity contribution in [1.29, 1.82) is 0 Å². The summed E-state index contributed by atoms with van der Waals surface area (Å²) >= 11 is 0. The molecule has 0 saturated carbocycles. The number of aromatic nitrogens is 1. The zero-order valence-electron chi connectivity index (χ0n) is 12.4. The summed E-state index contributed by atoms with van der Waals surface area (Å²) in [6.45, 7) is 3.55. The predicted molar refractivity (Wildman–Crippen MR) is 80.2 cm³/mol. The van der Waals surface area contributed by atoms with E-state index in [2.05, 4.69) is 19.9 Å². The van der Waals surface area contributed by atoms with Crippen molar-refractivity contribution in [2.75, 3.05) is 26.2 Å². The van der Waals surface area contributed by atoms with Gasteiger partial charge >= 0.3 is 6.36 Å². The molecule has 1 aliphatic heterocycles. The molecular weight excluding hydrogens is 307 g/mol. The van der Waals surface area contributed by atoms with Gasteiger partial charge < -0.3 is 15.0 Å². The number of hydrogen-bond donors (Lipinski definition) is 2. The first-order valence-corrected chi connectivity index (χ1v) is 7.47. The first kappa shape index (κ1) is 15.9. The Morgan fingerprint density at radius 1 is 1.04 bits per heavy atom. The second kappa shape index (κ2) is 6.64. The molecule has 0 amide bonds. The number of nitrogens with zero attached hydrogens (tertiary/aromatic N) is 1. The minimum atomic E-state index is -4.67. The molecule has 0 aliphatic carbocycles. The molecule has 3 rings (SSSR count). The summed E-state index contributed by atoms with van der Waals surface area (Å²) in [5.41, 5.74) is 1.96. The molecule has 0 spiro atoms. The molecule has 2 heterocycles. The van der Waals surface area contributed by atoms with Crippen LogP contribution in [0.25, 0.3) is 0 Å². The monoisotopic (exact) mass is 325 g/mol. The SMILES string of the molecule is FC(F)(F)Oc1ccc([C@H](c2ccc[nH]2)N2CCNCC2)cc1. The van der Waals surface area contributed by atoms with Gasteiger partial charge in [-0.15, -0.1) is 13.2 Å². The number of alkyl halides is 3. The van der Waals surface area contributed by atoms with Gasteiger partial charge in [0.25, 0.3) is 0 Å². The van der Waals surface area contributed by atoms with E-state index in [0.717, 1.165) is 37.4 Å². The van der Waals surface area contributed by atoms with Crippen molar-refractivity contribution < 1.29 is 17.9 Å². The van der Waals surface area contributed by atoms with Gasteiger partial charge in [0.15, 0.2) is 0 Å². The third-order valence-corrected chi connectivity index (χ3v) is 3.86. The van der Waals surface area contributed by atoms with Crippen LogP contribution in [0.1, 0.15) is 17.3 Å². The molecule has 1 fully saturated rings. The number of ether oxygens (including phenoxy) is 1. The van der Waals surface area contributed by atoms with E-state index in [4.69, 9.17) is 0 Å². The standard InChI is InChI=1S/C16H18F3N3O/c17-16(18,19)23-13-5-3-12(4-6-13)15(14-2-1-7-21-14)22-10-8-20-9-11-22/h1-7,15,20-21H,8-11H2/t15-/m1/s1. The molecule has 1 aromatic heterocycles. The minimum Gasteiger partial charge on any atom is -0.406 e. The van der Waals surface area contributed by atoms with E-state index in [9.17, 15) is 13.2 Å². The molecule has 0 radical (unpaired) electrons. The van der Waals surface area contributed by atoms with E-state index >= 15 is 0 Å². The second-order valence-corrected chi connectivity index (χ2v) is 5.43. The Labute approximate surface area is 132 Å². The average molecular weight is 325 g/mol. The Hall–Kier alpha value is -1.99. The average Bonchev–Trinajstić information content (AvgIpc) is 3.03. The fourth-order valence-corrected chi connectivity index (χ4v) is 2.89. The van der Waals surface area contributed by atoms with Crippen molar-refractivity contribution in [2.24, 2.45) is 0 Å². The Morgan fingerprint density at radius 2 is 1.74 bits per heavy atom. The predicted octanol–water partition coefficient (Wildman–Crippen LogP) is 2.91. The molecule has 0 bridgehead atoms. The topological polar surface area (TPSA) is 40.3 Å². The van der Waals surface area contributed by atoms with E-state index in [1.54, 1.807) is 12.1 Å². The third-order valence-electron chi connectivity index (χ3n) is 3.86. The van der Waals surface area contributed by atoms with E-state index in [1.807, 2.05) is 18.3 Å². The van der Waals surface area contributed by atoms with Crippen LogP contribution in [-0.2, 0) is 0 Å². The van der Waals surface area contributed by atoms with Gasteiger partial charge in [0.2, 0.25) is 0 Å². The van der Waals surface area contributed by atoms with Crippen LogP contribution < -0.4 is 10.1 Å². The Bertz CT molecular complexity index is 605. The number of H-pyrrole nitrogens is 1. The molecule has 1 aliphatic rings. The summed E-state index contributed by atoms with van der Waals surface area (Å²) in [7, 11) is 0. The third kappa shape index (κ3) is 4.05. The van der Waals surface area contributed by atoms with E-state index in [1.165, 1.54) is 12.1 Å². The number of halogens is 3. The van der Waals surface area contributed by atoms with Gasteiger partial charge in [0.05, 0.1) is 6.04 Å². The van der Waals surface area contributed by atoms with Crippen LogP contribution in [-0.4, -0.2) is 42.4 Å². The molecule has 2 N–H and O–H groups in total. The van der Waals surface area contributed by atoms with Crippen LogP contribution in [0.4, 0.5) is 13.2 Å². The van der Waals surface area contributed by atoms with Crippen molar-refractivity contribution in [2.45, 2.75) is 12.4 Å². The smallest absolute Gasteiger partial charge is 0.406 e. The zero-order chi connectivity index (χ0) is 16.3. The lowest BCUT2D eigenvalue weighted by Gasteiger charge is -2.34. The molecule has 1 aromatic carbocycles. The maximum atomic E-state index is 12.3. The summed E-state index contributed by atoms with van der Waals surface area (Å²) in [4.78, 5) is 5.52. The van der Waals surface area contributed by atoms with Crippen molar-refractivity contribution in [1.82, 2.24) is 15.2 Å². The summed E-state index contributed by atoms with van der Waals surface area (Å²) in [5, 5.41) is 3.30. The molecule has 7 heteroatoms. The maximum Gasteiger partial charge on any atom is 0.573 e. The van der Waals surface area contributed by atoms with Gasteiger partial charge in [-0.1, -0.05) is 12.1 Å². The Kier molecular flexibility index (Phi) is 4.58. The van der Waals surface area contributed by atoms with Gasteiger partial charge in [-0.2, -0.15) is 0 Å². The number of hydrogen-bond acceptors (Lipinski definition) is 3. The van der Waals surface area contributed by atoms with Gasteiger partial charge in [-0.25, -0.2) is 0 Å². The molecule has 1 atom stereocenters. The summed E-state index contributed by atoms with van der Waals surface area (Å²) in [5.74, 6) is -0.202. The Morgan fingerprint density at radius 3 is 2.30 bits per heavy atom. The van der Waals surface area contributed by atoms with Crippen LogP contribution in [0.2, 0.25) is 0 Å². The van der Waals surface area contributed by atoms with Crippen LogP contribution in [0.5, 0.6) is 5.75 Å². The molecule has 23 heavy (non-hydrogen) atoms. The number of aromatic amines is 1. The number of benzene rings is 1. The van der Waals surface area contributed by atoms with E-state index in [0.29, 0.717) is 0 Å². The lowest BCUT2D eigenvalue weighted by atomic mass is 10.0. The highest BCUT2D eigenvalue weighted by atomic mass is 19.4. The highest BCUT2D eigenvalue weighted by Gasteiger charge is 2.31. The van der Waals surface area contributed by atoms with Crippen molar-refractivity contribution in [3.63, 3.8) is 0 Å². The van der Waals surface area contributed by atoms with Gasteiger partial charge in [0, 0.05) is 38.1 Å². The molecule has 4 nitrogen and oxygen atoms in total. The molecule has 2 aromatic rings. The quantitative estimate of drug-likeness (QED) is 0.908. The lowest BCUT2D eigenvalue weighted by molar-refractivity contribution is -0.274. The van der Waals surface area contributed by atoms with Crippen molar-refractivity contribution in [3.8, 4) is 5.75 Å². The Balaban J connectivity index is 1.84. The largest absolute Gasteiger partial charge is 0.573 e. The summed E-state index contributed by atoms with van der Waals surface area (Å²) in [6, 6.07) is 10.0. The maximum absolute atomic E-state index is 12.3. The first-order chi connectivity index (χ1) is 11.0. The van der Waals surface area contributed by atoms with Crippen LogP contribution in [0.15, 0.2) is 42.6 Å². The van der Waals surface area contributed by atoms with E-state index in [-0.39, 0.29) is 11.8 Å². The highest BCUT2D eigenvalue weighted by molar-refractivity contribution is 5.33. The fourth-order valence-electron chi connectivity index (χ4n) is 2.89. The van der Waals surface area contributed by atoms with Crippen molar-refractivity contribution >= 4 is 0 Å². The summed E-state index contributed by atoms with van der Waals surface area (Å²) in [6.07, 6.45) is -2.81. The second-order valence-electron chi connectivity index (χ2n) is 5.43. The van der Waals surface area contributed by atoms with Gasteiger partial charge in [-0.05, 0) is 29.8 Å². The van der Waals surface area contributed by atoms with Crippen LogP contribution in [0.3, 0.4) is 0 Å². The van der Waals surface area contributed by atoms with Gasteiger partial charge in [0.1, 0.15) is 5.75 Å². The van der Waals surface area contributed by atoms with Crippen LogP contribution >= 0.6 is 0 Å². The first-order valence-electron chi connectivity index (χ1n) is 7.47. The molecule has 124 valence electrons. The normalized spacial score (nSPS) is 17.9. The molecular formula is C16H18F3N3O. The van der Waals surface area contributed by atoms with E-state index < -0.39 is 6.36 Å². The number of piperazine rings is 1. The number of nitrogens with one attached hydrogen (secondary N) is 2. The molecule has 0 unspecified atom stereocenters. The van der Waals surface area contributed by atoms with Crippen LogP contribution in [0, 0.1) is 0 Å². The van der Waals surface area contributed by atoms with Crippen molar-refractivity contribution in [3.05, 3.63) is 53.9 Å². The fraction of sp³-hybridized carbons (Fsp3) is 0.375. The zero-order valence-corrected chi connectivity index (χ0v) is 12.4. The molecule has 1 saturated heterocycles. The lowest BCUT2D eigenvalue weighted by Crippen LogP contribution is -2.45. The van der Waals surface area contributed by atoms with Gasteiger partial charge in [-0.3, -0.25) is 4.90 Å². The minimum absolute atomic E-state index is 0.00737. The highest BCUT2D eigenvalue weighted by Crippen LogP contribution is 2.30. The number of rotatable bonds is 4. The summed E-state index contributed by atoms with van der Waals surface area (Å²) < 4.78 is 40.8.